The SMILES string of the molecule is CN1C[C@H](Nc2cnn(C)c(=O)c2Cl)C[C@H](c2ccc(C(=O)N3CCC4(CC3)CCN(c3ccc5nnn(C6CCC(=O)NC6=O)c5c3)CC4)cc2)C1. The zero-order chi connectivity index (χ0) is 36.9. The van der Waals surface area contributed by atoms with Gasteiger partial charge in [0.05, 0.1) is 17.4 Å². The number of nitrogens with one attached hydrogen (secondary N) is 2. The summed E-state index contributed by atoms with van der Waals surface area (Å²) in [6.45, 7) is 5.06. The minimum atomic E-state index is -0.545. The first-order valence-corrected chi connectivity index (χ1v) is 18.9. The third-order valence-electron chi connectivity index (χ3n) is 12.0. The van der Waals surface area contributed by atoms with Crippen LogP contribution in [0.5, 0.6) is 0 Å². The van der Waals surface area contributed by atoms with Crippen LogP contribution in [0, 0.1) is 5.41 Å². The predicted octanol–water partition coefficient (Wildman–Crippen LogP) is 3.58. The average Bonchev–Trinajstić information content (AvgIpc) is 3.58. The second-order valence-electron chi connectivity index (χ2n) is 15.4. The molecule has 2 aromatic heterocycles. The molecular weight excluding hydrogens is 696 g/mol. The minimum absolute atomic E-state index is 0.0893. The van der Waals surface area contributed by atoms with Crippen LogP contribution in [0.2, 0.25) is 5.02 Å². The molecule has 278 valence electrons. The second kappa shape index (κ2) is 14.2. The maximum Gasteiger partial charge on any atom is 0.287 e. The summed E-state index contributed by atoms with van der Waals surface area (Å²) in [5, 5.41) is 18.7. The standard InChI is InChI=1S/C38H45ClN10O4/c1-45-22-26(19-27(23-45)41-30-21-40-46(2)37(53)34(30)39)24-3-5-25(6-4-24)36(52)48-17-13-38(14-18-48)11-15-47(16-12-38)28-7-8-29-32(20-28)49(44-43-29)31-9-10-33(50)42-35(31)51/h3-8,20-21,26-27,31,41H,9-19,22-23H2,1-2H3,(H,42,50,51)/t26-,27+,31?/m0/s1. The van der Waals surface area contributed by atoms with Crippen molar-refractivity contribution in [2.24, 2.45) is 12.5 Å². The smallest absolute Gasteiger partial charge is 0.287 e. The van der Waals surface area contributed by atoms with Crippen molar-refractivity contribution in [3.05, 3.63) is 75.2 Å². The molecule has 4 saturated heterocycles. The molecule has 53 heavy (non-hydrogen) atoms. The molecule has 0 saturated carbocycles. The lowest BCUT2D eigenvalue weighted by molar-refractivity contribution is -0.135. The third-order valence-corrected chi connectivity index (χ3v) is 12.3. The number of benzene rings is 2. The van der Waals surface area contributed by atoms with Gasteiger partial charge in [-0.15, -0.1) is 5.10 Å². The van der Waals surface area contributed by atoms with E-state index in [0.717, 1.165) is 93.7 Å². The van der Waals surface area contributed by atoms with Gasteiger partial charge in [0.15, 0.2) is 0 Å². The zero-order valence-electron chi connectivity index (χ0n) is 30.1. The Labute approximate surface area is 312 Å². The number of halogens is 1. The highest BCUT2D eigenvalue weighted by atomic mass is 35.5. The number of rotatable bonds is 6. The number of likely N-dealkylation sites (tertiary alicyclic amines) is 2. The molecule has 0 bridgehead atoms. The molecule has 14 nitrogen and oxygen atoms in total. The van der Waals surface area contributed by atoms with E-state index in [1.807, 2.05) is 23.1 Å². The molecule has 8 rings (SSSR count). The molecule has 4 aliphatic rings. The van der Waals surface area contributed by atoms with Gasteiger partial charge >= 0.3 is 0 Å². The third kappa shape index (κ3) is 7.01. The molecule has 6 heterocycles. The Morgan fingerprint density at radius 2 is 1.70 bits per heavy atom. The Morgan fingerprint density at radius 1 is 0.962 bits per heavy atom. The number of aryl methyl sites for hydroxylation is 1. The van der Waals surface area contributed by atoms with Gasteiger partial charge in [0, 0.05) is 70.0 Å². The van der Waals surface area contributed by atoms with Gasteiger partial charge in [-0.1, -0.05) is 28.9 Å². The van der Waals surface area contributed by atoms with Crippen LogP contribution in [0.15, 0.2) is 53.5 Å². The molecule has 4 aliphatic heterocycles. The van der Waals surface area contributed by atoms with Crippen molar-refractivity contribution >= 4 is 51.7 Å². The molecular formula is C38H45ClN10O4. The second-order valence-corrected chi connectivity index (χ2v) is 15.7. The van der Waals surface area contributed by atoms with Gasteiger partial charge in [0.25, 0.3) is 17.4 Å². The van der Waals surface area contributed by atoms with E-state index in [4.69, 9.17) is 11.6 Å². The number of fused-ring (bicyclic) bond motifs is 1. The first kappa shape index (κ1) is 35.2. The number of piperidine rings is 4. The first-order valence-electron chi connectivity index (χ1n) is 18.6. The van der Waals surface area contributed by atoms with Gasteiger partial charge < -0.3 is 20.0 Å². The number of hydrogen-bond donors (Lipinski definition) is 2. The molecule has 2 aromatic carbocycles. The molecule has 2 N–H and O–H groups in total. The number of nitrogens with zero attached hydrogens (tertiary/aromatic N) is 8. The Morgan fingerprint density at radius 3 is 2.43 bits per heavy atom. The normalized spacial score (nSPS) is 23.7. The van der Waals surface area contributed by atoms with Crippen LogP contribution < -0.4 is 21.1 Å². The monoisotopic (exact) mass is 740 g/mol. The summed E-state index contributed by atoms with van der Waals surface area (Å²) in [7, 11) is 3.67. The van der Waals surface area contributed by atoms with Crippen LogP contribution >= 0.6 is 11.6 Å². The highest BCUT2D eigenvalue weighted by Gasteiger charge is 2.39. The van der Waals surface area contributed by atoms with E-state index in [0.29, 0.717) is 12.1 Å². The molecule has 4 aromatic rings. The summed E-state index contributed by atoms with van der Waals surface area (Å²) in [5.41, 5.74) is 4.96. The Bertz CT molecular complexity index is 2100. The van der Waals surface area contributed by atoms with E-state index < -0.39 is 6.04 Å². The van der Waals surface area contributed by atoms with Crippen molar-refractivity contribution in [2.45, 2.75) is 62.9 Å². The Balaban J connectivity index is 0.854. The molecule has 0 radical (unpaired) electrons. The number of hydrogen-bond acceptors (Lipinski definition) is 10. The van der Waals surface area contributed by atoms with Gasteiger partial charge in [-0.3, -0.25) is 24.5 Å². The zero-order valence-corrected chi connectivity index (χ0v) is 30.9. The van der Waals surface area contributed by atoms with E-state index in [2.05, 4.69) is 67.2 Å². The summed E-state index contributed by atoms with van der Waals surface area (Å²) < 4.78 is 2.88. The van der Waals surface area contributed by atoms with Gasteiger partial charge in [0.2, 0.25) is 5.91 Å². The predicted molar refractivity (Wildman–Crippen MR) is 201 cm³/mol. The maximum absolute atomic E-state index is 13.6. The molecule has 15 heteroatoms. The first-order chi connectivity index (χ1) is 25.6. The van der Waals surface area contributed by atoms with Gasteiger partial charge in [-0.2, -0.15) is 5.10 Å². The highest BCUT2D eigenvalue weighted by molar-refractivity contribution is 6.32. The van der Waals surface area contributed by atoms with Gasteiger partial charge in [0.1, 0.15) is 16.6 Å². The fourth-order valence-corrected chi connectivity index (χ4v) is 8.99. The molecule has 1 spiro atoms. The molecule has 4 fully saturated rings. The molecule has 0 aliphatic carbocycles. The fourth-order valence-electron chi connectivity index (χ4n) is 8.77. The van der Waals surface area contributed by atoms with E-state index in [9.17, 15) is 19.2 Å². The summed E-state index contributed by atoms with van der Waals surface area (Å²) in [6.07, 6.45) is 7.27. The van der Waals surface area contributed by atoms with Crippen LogP contribution in [-0.2, 0) is 16.6 Å². The number of carbonyl (C=O) groups excluding carboxylic acids is 3. The van der Waals surface area contributed by atoms with Crippen molar-refractivity contribution < 1.29 is 14.4 Å². The van der Waals surface area contributed by atoms with E-state index >= 15 is 0 Å². The molecule has 3 amide bonds. The number of imide groups is 1. The highest BCUT2D eigenvalue weighted by Crippen LogP contribution is 2.43. The Kier molecular flexibility index (Phi) is 9.44. The van der Waals surface area contributed by atoms with E-state index in [1.165, 1.54) is 10.2 Å². The van der Waals surface area contributed by atoms with Crippen molar-refractivity contribution in [1.82, 2.24) is 39.9 Å². The summed E-state index contributed by atoms with van der Waals surface area (Å²) in [5.74, 6) is -0.230. The van der Waals surface area contributed by atoms with Crippen molar-refractivity contribution in [3.8, 4) is 0 Å². The minimum Gasteiger partial charge on any atom is -0.378 e. The molecule has 1 unspecified atom stereocenters. The number of aromatic nitrogens is 5. The fraction of sp³-hybridized carbons (Fsp3) is 0.500. The number of carbonyl (C=O) groups is 3. The van der Waals surface area contributed by atoms with E-state index in [1.54, 1.807) is 17.9 Å². The van der Waals surface area contributed by atoms with Crippen LogP contribution in [-0.4, -0.2) is 105 Å². The quantitative estimate of drug-likeness (QED) is 0.281. The largest absolute Gasteiger partial charge is 0.378 e. The van der Waals surface area contributed by atoms with Crippen molar-refractivity contribution in [1.29, 1.82) is 0 Å². The topological polar surface area (TPSA) is 151 Å². The lowest BCUT2D eigenvalue weighted by Gasteiger charge is -2.47. The van der Waals surface area contributed by atoms with Gasteiger partial charge in [-0.05, 0) is 92.8 Å². The average molecular weight is 741 g/mol. The maximum atomic E-state index is 13.6. The summed E-state index contributed by atoms with van der Waals surface area (Å²) in [6, 6.07) is 13.8. The van der Waals surface area contributed by atoms with Crippen LogP contribution in [0.1, 0.15) is 72.8 Å². The number of amides is 3. The lowest BCUT2D eigenvalue weighted by Crippen LogP contribution is -2.48. The summed E-state index contributed by atoms with van der Waals surface area (Å²) in [4.78, 5) is 56.8. The molecule has 3 atom stereocenters. The lowest BCUT2D eigenvalue weighted by atomic mass is 9.71. The van der Waals surface area contributed by atoms with Gasteiger partial charge in [-0.25, -0.2) is 9.36 Å². The summed E-state index contributed by atoms with van der Waals surface area (Å²) >= 11 is 6.33. The van der Waals surface area contributed by atoms with Crippen molar-refractivity contribution in [2.75, 3.05) is 56.5 Å². The van der Waals surface area contributed by atoms with Crippen LogP contribution in [0.3, 0.4) is 0 Å². The van der Waals surface area contributed by atoms with Crippen LogP contribution in [0.25, 0.3) is 11.0 Å². The van der Waals surface area contributed by atoms with E-state index in [-0.39, 0.29) is 52.1 Å². The van der Waals surface area contributed by atoms with Crippen LogP contribution in [0.4, 0.5) is 11.4 Å². The van der Waals surface area contributed by atoms with Crippen molar-refractivity contribution in [3.63, 3.8) is 0 Å². The number of anilines is 2. The number of likely N-dealkylation sites (N-methyl/N-ethyl adjacent to an activating group) is 1. The Hall–Kier alpha value is -4.82.